The molecule has 1 aromatic heterocycles. The normalized spacial score (nSPS) is 19.0. The van der Waals surface area contributed by atoms with Crippen molar-refractivity contribution in [2.24, 2.45) is 0 Å². The summed E-state index contributed by atoms with van der Waals surface area (Å²) >= 11 is 0. The van der Waals surface area contributed by atoms with Crippen LogP contribution in [0.1, 0.15) is 22.5 Å². The first-order chi connectivity index (χ1) is 16.4. The fraction of sp³-hybridized carbons (Fsp3) is 0.417. The van der Waals surface area contributed by atoms with Crippen LogP contribution >= 0.6 is 0 Å². The van der Waals surface area contributed by atoms with Crippen LogP contribution in [0.5, 0.6) is 0 Å². The minimum Gasteiger partial charge on any atom is -0.459 e. The zero-order chi connectivity index (χ0) is 24.1. The quantitative estimate of drug-likeness (QED) is 0.646. The van der Waals surface area contributed by atoms with Crippen molar-refractivity contribution in [3.63, 3.8) is 0 Å². The maximum absolute atomic E-state index is 13.1. The number of nitrogens with zero attached hydrogens (tertiary/aromatic N) is 3. The third kappa shape index (κ3) is 5.45. The lowest BCUT2D eigenvalue weighted by molar-refractivity contribution is -0.145. The molecule has 4 amide bonds. The van der Waals surface area contributed by atoms with Crippen molar-refractivity contribution in [1.29, 1.82) is 0 Å². The van der Waals surface area contributed by atoms with E-state index in [-0.39, 0.29) is 36.6 Å². The molecule has 180 valence electrons. The number of hydrogen-bond donors (Lipinski definition) is 2. The molecule has 2 aliphatic rings. The fourth-order valence-corrected chi connectivity index (χ4v) is 4.25. The van der Waals surface area contributed by atoms with Crippen LogP contribution in [0.15, 0.2) is 47.1 Å². The second-order valence-electron chi connectivity index (χ2n) is 8.51. The zero-order valence-corrected chi connectivity index (χ0v) is 19.2. The first-order valence-electron chi connectivity index (χ1n) is 11.4. The van der Waals surface area contributed by atoms with Gasteiger partial charge in [0.05, 0.1) is 19.2 Å². The number of benzene rings is 1. The summed E-state index contributed by atoms with van der Waals surface area (Å²) in [6.45, 7) is 4.76. The molecule has 1 unspecified atom stereocenters. The van der Waals surface area contributed by atoms with E-state index >= 15 is 0 Å². The Balaban J connectivity index is 1.32. The molecule has 1 aromatic carbocycles. The number of furan rings is 1. The molecule has 0 bridgehead atoms. The van der Waals surface area contributed by atoms with E-state index in [0.29, 0.717) is 50.7 Å². The number of anilines is 1. The average molecular weight is 468 g/mol. The highest BCUT2D eigenvalue weighted by atomic mass is 16.3. The Morgan fingerprint density at radius 2 is 1.82 bits per heavy atom. The highest BCUT2D eigenvalue weighted by Crippen LogP contribution is 2.16. The van der Waals surface area contributed by atoms with Gasteiger partial charge in [-0.15, -0.1) is 0 Å². The zero-order valence-electron chi connectivity index (χ0n) is 19.2. The van der Waals surface area contributed by atoms with Crippen molar-refractivity contribution in [3.05, 3.63) is 54.0 Å². The molecule has 34 heavy (non-hydrogen) atoms. The van der Waals surface area contributed by atoms with Crippen molar-refractivity contribution in [2.75, 3.05) is 51.1 Å². The molecular weight excluding hydrogens is 438 g/mol. The molecule has 10 heteroatoms. The van der Waals surface area contributed by atoms with Crippen LogP contribution < -0.4 is 10.6 Å². The Morgan fingerprint density at radius 1 is 1.06 bits per heavy atom. The number of nitrogens with one attached hydrogen (secondary N) is 2. The molecule has 2 saturated heterocycles. The van der Waals surface area contributed by atoms with Gasteiger partial charge in [-0.05, 0) is 30.7 Å². The minimum absolute atomic E-state index is 0.114. The van der Waals surface area contributed by atoms with Crippen LogP contribution in [0.25, 0.3) is 0 Å². The molecule has 3 heterocycles. The van der Waals surface area contributed by atoms with Gasteiger partial charge in [0, 0.05) is 45.0 Å². The van der Waals surface area contributed by atoms with Crippen LogP contribution in [0.4, 0.5) is 5.69 Å². The highest BCUT2D eigenvalue weighted by molar-refractivity contribution is 5.98. The largest absolute Gasteiger partial charge is 0.459 e. The summed E-state index contributed by atoms with van der Waals surface area (Å²) in [7, 11) is 0. The number of para-hydroxylation sites is 1. The SMILES string of the molecule is Cc1ccccc1NC(=O)CC1C(=O)NCCN1C(=O)CN1CCN(C(=O)c2ccco2)CC1. The van der Waals surface area contributed by atoms with Crippen molar-refractivity contribution in [3.8, 4) is 0 Å². The van der Waals surface area contributed by atoms with Gasteiger partial charge in [-0.25, -0.2) is 0 Å². The molecule has 2 N–H and O–H groups in total. The van der Waals surface area contributed by atoms with E-state index in [4.69, 9.17) is 4.42 Å². The number of piperazine rings is 2. The molecular formula is C24H29N5O5. The Labute approximate surface area is 197 Å². The molecule has 2 fully saturated rings. The summed E-state index contributed by atoms with van der Waals surface area (Å²) in [6.07, 6.45) is 1.35. The van der Waals surface area contributed by atoms with Gasteiger partial charge in [0.15, 0.2) is 5.76 Å². The third-order valence-corrected chi connectivity index (χ3v) is 6.20. The third-order valence-electron chi connectivity index (χ3n) is 6.20. The van der Waals surface area contributed by atoms with Gasteiger partial charge in [-0.1, -0.05) is 18.2 Å². The predicted octanol–water partition coefficient (Wildman–Crippen LogP) is 0.702. The van der Waals surface area contributed by atoms with Gasteiger partial charge >= 0.3 is 0 Å². The first-order valence-corrected chi connectivity index (χ1v) is 11.4. The van der Waals surface area contributed by atoms with Gasteiger partial charge in [-0.2, -0.15) is 0 Å². The van der Waals surface area contributed by atoms with Crippen molar-refractivity contribution < 1.29 is 23.6 Å². The second-order valence-corrected chi connectivity index (χ2v) is 8.51. The van der Waals surface area contributed by atoms with Gasteiger partial charge in [0.25, 0.3) is 5.91 Å². The topological polar surface area (TPSA) is 115 Å². The van der Waals surface area contributed by atoms with Crippen molar-refractivity contribution >= 4 is 29.3 Å². The van der Waals surface area contributed by atoms with Crippen LogP contribution in [0, 0.1) is 6.92 Å². The number of carbonyl (C=O) groups is 4. The molecule has 0 radical (unpaired) electrons. The lowest BCUT2D eigenvalue weighted by Gasteiger charge is -2.38. The number of amides is 4. The standard InChI is InChI=1S/C24H29N5O5/c1-17-5-2-3-6-18(17)26-21(30)15-19-23(32)25-8-9-29(19)22(31)16-27-10-12-28(13-11-27)24(33)20-7-4-14-34-20/h2-7,14,19H,8-13,15-16H2,1H3,(H,25,32)(H,26,30). The van der Waals surface area contributed by atoms with Crippen LogP contribution in [-0.4, -0.2) is 90.2 Å². The predicted molar refractivity (Wildman–Crippen MR) is 124 cm³/mol. The summed E-state index contributed by atoms with van der Waals surface area (Å²) in [5, 5.41) is 5.59. The molecule has 4 rings (SSSR count). The second kappa shape index (κ2) is 10.5. The summed E-state index contributed by atoms with van der Waals surface area (Å²) in [5.41, 5.74) is 1.60. The lowest BCUT2D eigenvalue weighted by atomic mass is 10.1. The number of hydrogen-bond acceptors (Lipinski definition) is 6. The number of aryl methyl sites for hydroxylation is 1. The Hall–Kier alpha value is -3.66. The Morgan fingerprint density at radius 3 is 2.53 bits per heavy atom. The smallest absolute Gasteiger partial charge is 0.289 e. The molecule has 0 spiro atoms. The van der Waals surface area contributed by atoms with Gasteiger partial charge in [0.2, 0.25) is 17.7 Å². The number of rotatable bonds is 6. The summed E-state index contributed by atoms with van der Waals surface area (Å²) in [4.78, 5) is 55.9. The molecule has 0 saturated carbocycles. The summed E-state index contributed by atoms with van der Waals surface area (Å²) in [5.74, 6) is -0.707. The van der Waals surface area contributed by atoms with E-state index in [0.717, 1.165) is 5.56 Å². The molecule has 2 aromatic rings. The summed E-state index contributed by atoms with van der Waals surface area (Å²) < 4.78 is 5.18. The van der Waals surface area contributed by atoms with Crippen LogP contribution in [-0.2, 0) is 14.4 Å². The fourth-order valence-electron chi connectivity index (χ4n) is 4.25. The maximum atomic E-state index is 13.1. The van der Waals surface area contributed by atoms with Crippen LogP contribution in [0.2, 0.25) is 0 Å². The lowest BCUT2D eigenvalue weighted by Crippen LogP contribution is -2.60. The van der Waals surface area contributed by atoms with Gasteiger partial charge in [0.1, 0.15) is 6.04 Å². The van der Waals surface area contributed by atoms with E-state index in [9.17, 15) is 19.2 Å². The minimum atomic E-state index is -0.855. The average Bonchev–Trinajstić information content (AvgIpc) is 3.37. The van der Waals surface area contributed by atoms with Gasteiger partial charge < -0.3 is 24.9 Å². The van der Waals surface area contributed by atoms with Crippen molar-refractivity contribution in [1.82, 2.24) is 20.0 Å². The first kappa shape index (κ1) is 23.5. The highest BCUT2D eigenvalue weighted by Gasteiger charge is 2.35. The van der Waals surface area contributed by atoms with E-state index in [2.05, 4.69) is 10.6 Å². The number of carbonyl (C=O) groups excluding carboxylic acids is 4. The van der Waals surface area contributed by atoms with Gasteiger partial charge in [-0.3, -0.25) is 24.1 Å². The monoisotopic (exact) mass is 467 g/mol. The van der Waals surface area contributed by atoms with E-state index in [1.54, 1.807) is 23.1 Å². The van der Waals surface area contributed by atoms with E-state index in [1.165, 1.54) is 11.2 Å². The molecule has 1 atom stereocenters. The van der Waals surface area contributed by atoms with Crippen LogP contribution in [0.3, 0.4) is 0 Å². The molecule has 2 aliphatic heterocycles. The molecule has 0 aliphatic carbocycles. The molecule has 10 nitrogen and oxygen atoms in total. The van der Waals surface area contributed by atoms with E-state index in [1.807, 2.05) is 30.0 Å². The maximum Gasteiger partial charge on any atom is 0.289 e. The van der Waals surface area contributed by atoms with Crippen molar-refractivity contribution in [2.45, 2.75) is 19.4 Å². The van der Waals surface area contributed by atoms with E-state index < -0.39 is 6.04 Å². The summed E-state index contributed by atoms with van der Waals surface area (Å²) in [6, 6.07) is 9.85. The Bertz CT molecular complexity index is 1050. The Kier molecular flexibility index (Phi) is 7.27.